The molecule has 0 fully saturated rings. The molecular formula is C12H18N4O3. The average molecular weight is 266 g/mol. The number of nitrogens with zero attached hydrogens (tertiary/aromatic N) is 3. The van der Waals surface area contributed by atoms with Crippen LogP contribution in [0.2, 0.25) is 0 Å². The number of carboxylic acids is 1. The molecule has 2 amide bonds. The van der Waals surface area contributed by atoms with Gasteiger partial charge in [-0.1, -0.05) is 6.08 Å². The molecule has 0 aliphatic carbocycles. The highest BCUT2D eigenvalue weighted by molar-refractivity contribution is 5.80. The van der Waals surface area contributed by atoms with Crippen LogP contribution >= 0.6 is 0 Å². The number of aliphatic carboxylic acids is 1. The third kappa shape index (κ3) is 5.24. The second kappa shape index (κ2) is 7.20. The molecule has 0 saturated heterocycles. The first-order valence-corrected chi connectivity index (χ1v) is 5.86. The van der Waals surface area contributed by atoms with Crippen molar-refractivity contribution in [2.45, 2.75) is 19.5 Å². The molecule has 1 aromatic rings. The summed E-state index contributed by atoms with van der Waals surface area (Å²) in [6.45, 7) is 5.75. The molecule has 0 bridgehead atoms. The van der Waals surface area contributed by atoms with Crippen LogP contribution in [0.5, 0.6) is 0 Å². The van der Waals surface area contributed by atoms with E-state index in [2.05, 4.69) is 16.9 Å². The Kier molecular flexibility index (Phi) is 5.59. The summed E-state index contributed by atoms with van der Waals surface area (Å²) in [4.78, 5) is 27.6. The summed E-state index contributed by atoms with van der Waals surface area (Å²) in [5, 5.41) is 11.5. The van der Waals surface area contributed by atoms with Crippen LogP contribution in [0.1, 0.15) is 6.92 Å². The standard InChI is InChI=1S/C12H18N4O3/c1-3-5-16(8-11(17)18)12(19)14-10(2)7-15-6-4-13-9-15/h3-4,6,9-10H,1,5,7-8H2,2H3,(H,14,19)(H,17,18). The zero-order valence-corrected chi connectivity index (χ0v) is 10.8. The van der Waals surface area contributed by atoms with Gasteiger partial charge < -0.3 is 19.9 Å². The number of carbonyl (C=O) groups excluding carboxylic acids is 1. The van der Waals surface area contributed by atoms with Crippen molar-refractivity contribution in [2.24, 2.45) is 0 Å². The summed E-state index contributed by atoms with van der Waals surface area (Å²) in [7, 11) is 0. The molecule has 0 spiro atoms. The minimum absolute atomic E-state index is 0.136. The van der Waals surface area contributed by atoms with Gasteiger partial charge in [-0.15, -0.1) is 6.58 Å². The predicted octanol–water partition coefficient (Wildman–Crippen LogP) is 0.554. The number of hydrogen-bond donors (Lipinski definition) is 2. The maximum Gasteiger partial charge on any atom is 0.323 e. The van der Waals surface area contributed by atoms with Gasteiger partial charge in [0.15, 0.2) is 0 Å². The second-order valence-corrected chi connectivity index (χ2v) is 4.17. The van der Waals surface area contributed by atoms with Gasteiger partial charge >= 0.3 is 12.0 Å². The highest BCUT2D eigenvalue weighted by atomic mass is 16.4. The molecule has 7 nitrogen and oxygen atoms in total. The van der Waals surface area contributed by atoms with Crippen molar-refractivity contribution < 1.29 is 14.7 Å². The molecule has 2 N–H and O–H groups in total. The Balaban J connectivity index is 2.50. The maximum atomic E-state index is 11.9. The molecule has 0 radical (unpaired) electrons. The number of imidazole rings is 1. The van der Waals surface area contributed by atoms with E-state index in [1.807, 2.05) is 11.5 Å². The first kappa shape index (κ1) is 14.7. The summed E-state index contributed by atoms with van der Waals surface area (Å²) in [5.41, 5.74) is 0. The highest BCUT2D eigenvalue weighted by Crippen LogP contribution is 1.96. The number of rotatable bonds is 7. The molecular weight excluding hydrogens is 248 g/mol. The van der Waals surface area contributed by atoms with Gasteiger partial charge in [-0.2, -0.15) is 0 Å². The van der Waals surface area contributed by atoms with Gasteiger partial charge in [0.25, 0.3) is 0 Å². The molecule has 104 valence electrons. The van der Waals surface area contributed by atoms with Crippen LogP contribution in [0.15, 0.2) is 31.4 Å². The van der Waals surface area contributed by atoms with Crippen LogP contribution in [-0.4, -0.2) is 50.7 Å². The van der Waals surface area contributed by atoms with Crippen LogP contribution in [0.3, 0.4) is 0 Å². The van der Waals surface area contributed by atoms with Gasteiger partial charge in [-0.05, 0) is 6.92 Å². The zero-order chi connectivity index (χ0) is 14.3. The van der Waals surface area contributed by atoms with E-state index in [0.29, 0.717) is 6.54 Å². The number of carboxylic acid groups (broad SMARTS) is 1. The van der Waals surface area contributed by atoms with E-state index in [-0.39, 0.29) is 19.1 Å². The summed E-state index contributed by atoms with van der Waals surface area (Å²) in [6.07, 6.45) is 6.59. The highest BCUT2D eigenvalue weighted by Gasteiger charge is 2.17. The van der Waals surface area contributed by atoms with Gasteiger partial charge in [0.1, 0.15) is 6.54 Å². The van der Waals surface area contributed by atoms with Crippen LogP contribution in [0, 0.1) is 0 Å². The van der Waals surface area contributed by atoms with Gasteiger partial charge in [0.2, 0.25) is 0 Å². The Morgan fingerprint density at radius 3 is 2.89 bits per heavy atom. The molecule has 0 aliphatic heterocycles. The average Bonchev–Trinajstić information content (AvgIpc) is 2.80. The molecule has 0 aliphatic rings. The molecule has 7 heteroatoms. The number of urea groups is 1. The van der Waals surface area contributed by atoms with Crippen LogP contribution in [0.25, 0.3) is 0 Å². The summed E-state index contributed by atoms with van der Waals surface area (Å²) >= 11 is 0. The first-order chi connectivity index (χ1) is 9.02. The fraction of sp³-hybridized carbons (Fsp3) is 0.417. The largest absolute Gasteiger partial charge is 0.480 e. The van der Waals surface area contributed by atoms with E-state index in [0.717, 1.165) is 0 Å². The number of nitrogens with one attached hydrogen (secondary N) is 1. The SMILES string of the molecule is C=CCN(CC(=O)O)C(=O)NC(C)Cn1ccnc1. The minimum atomic E-state index is -1.06. The first-order valence-electron chi connectivity index (χ1n) is 5.86. The molecule has 19 heavy (non-hydrogen) atoms. The van der Waals surface area contributed by atoms with Crippen LogP contribution < -0.4 is 5.32 Å². The number of amides is 2. The van der Waals surface area contributed by atoms with E-state index in [4.69, 9.17) is 5.11 Å². The van der Waals surface area contributed by atoms with E-state index in [1.54, 1.807) is 18.7 Å². The van der Waals surface area contributed by atoms with E-state index in [9.17, 15) is 9.59 Å². The monoisotopic (exact) mass is 266 g/mol. The van der Waals surface area contributed by atoms with Crippen molar-refractivity contribution in [1.29, 1.82) is 0 Å². The van der Waals surface area contributed by atoms with E-state index >= 15 is 0 Å². The Labute approximate surface area is 111 Å². The van der Waals surface area contributed by atoms with E-state index < -0.39 is 12.0 Å². The summed E-state index contributed by atoms with van der Waals surface area (Å²) in [5.74, 6) is -1.06. The third-order valence-corrected chi connectivity index (χ3v) is 2.38. The Hall–Kier alpha value is -2.31. The van der Waals surface area contributed by atoms with Gasteiger partial charge in [-0.3, -0.25) is 4.79 Å². The maximum absolute atomic E-state index is 11.9. The van der Waals surface area contributed by atoms with Crippen molar-refractivity contribution in [2.75, 3.05) is 13.1 Å². The Morgan fingerprint density at radius 2 is 2.37 bits per heavy atom. The zero-order valence-electron chi connectivity index (χ0n) is 10.8. The van der Waals surface area contributed by atoms with Crippen molar-refractivity contribution in [1.82, 2.24) is 19.8 Å². The van der Waals surface area contributed by atoms with Crippen molar-refractivity contribution >= 4 is 12.0 Å². The fourth-order valence-corrected chi connectivity index (χ4v) is 1.60. The Morgan fingerprint density at radius 1 is 1.63 bits per heavy atom. The molecule has 1 unspecified atom stereocenters. The lowest BCUT2D eigenvalue weighted by atomic mass is 10.3. The molecule has 1 heterocycles. The van der Waals surface area contributed by atoms with Crippen molar-refractivity contribution in [3.05, 3.63) is 31.4 Å². The number of aromatic nitrogens is 2. The van der Waals surface area contributed by atoms with Crippen molar-refractivity contribution in [3.63, 3.8) is 0 Å². The predicted molar refractivity (Wildman–Crippen MR) is 69.6 cm³/mol. The van der Waals surface area contributed by atoms with E-state index in [1.165, 1.54) is 11.0 Å². The number of carbonyl (C=O) groups is 2. The molecule has 1 rings (SSSR count). The Bertz CT molecular complexity index is 430. The lowest BCUT2D eigenvalue weighted by Gasteiger charge is -2.22. The lowest BCUT2D eigenvalue weighted by Crippen LogP contribution is -2.47. The molecule has 1 atom stereocenters. The molecule has 0 aromatic carbocycles. The van der Waals surface area contributed by atoms with Crippen LogP contribution in [0.4, 0.5) is 4.79 Å². The smallest absolute Gasteiger partial charge is 0.323 e. The summed E-state index contributed by atoms with van der Waals surface area (Å²) < 4.78 is 1.83. The minimum Gasteiger partial charge on any atom is -0.480 e. The summed E-state index contributed by atoms with van der Waals surface area (Å²) in [6, 6.07) is -0.558. The lowest BCUT2D eigenvalue weighted by molar-refractivity contribution is -0.137. The van der Waals surface area contributed by atoms with Crippen LogP contribution in [-0.2, 0) is 11.3 Å². The van der Waals surface area contributed by atoms with Crippen molar-refractivity contribution in [3.8, 4) is 0 Å². The second-order valence-electron chi connectivity index (χ2n) is 4.17. The normalized spacial score (nSPS) is 11.6. The quantitative estimate of drug-likeness (QED) is 0.706. The van der Waals surface area contributed by atoms with Gasteiger partial charge in [0, 0.05) is 31.5 Å². The topological polar surface area (TPSA) is 87.5 Å². The molecule has 0 saturated carbocycles. The number of hydrogen-bond acceptors (Lipinski definition) is 3. The third-order valence-electron chi connectivity index (χ3n) is 2.38. The van der Waals surface area contributed by atoms with Gasteiger partial charge in [-0.25, -0.2) is 9.78 Å². The molecule has 1 aromatic heterocycles. The fourth-order valence-electron chi connectivity index (χ4n) is 1.60. The van der Waals surface area contributed by atoms with Gasteiger partial charge in [0.05, 0.1) is 6.33 Å².